The van der Waals surface area contributed by atoms with E-state index in [1.807, 2.05) is 12.4 Å². The van der Waals surface area contributed by atoms with Gasteiger partial charge in [-0.25, -0.2) is 9.97 Å². The van der Waals surface area contributed by atoms with Crippen LogP contribution in [0.3, 0.4) is 0 Å². The topological polar surface area (TPSA) is 110 Å². The Hall–Kier alpha value is -4.20. The van der Waals surface area contributed by atoms with E-state index < -0.39 is 0 Å². The summed E-state index contributed by atoms with van der Waals surface area (Å²) in [6, 6.07) is 16.8. The van der Waals surface area contributed by atoms with E-state index in [0.717, 1.165) is 83.8 Å². The van der Waals surface area contributed by atoms with E-state index in [4.69, 9.17) is 9.47 Å². The average molecular weight is 539 g/mol. The molecule has 4 atom stereocenters. The molecule has 2 aliphatic rings. The first-order valence-corrected chi connectivity index (χ1v) is 14.0. The van der Waals surface area contributed by atoms with Crippen molar-refractivity contribution in [1.82, 2.24) is 19.9 Å². The van der Waals surface area contributed by atoms with E-state index >= 15 is 0 Å². The van der Waals surface area contributed by atoms with Crippen LogP contribution in [0, 0.1) is 11.8 Å². The number of aromatic nitrogens is 4. The summed E-state index contributed by atoms with van der Waals surface area (Å²) >= 11 is 0. The zero-order valence-electron chi connectivity index (χ0n) is 22.9. The summed E-state index contributed by atoms with van der Waals surface area (Å²) in [5.74, 6) is 1.34. The first-order chi connectivity index (χ1) is 19.6. The number of nitrogens with one attached hydrogen (secondary N) is 2. The number of H-pyrrole nitrogens is 2. The minimum absolute atomic E-state index is 0.0809. The molecule has 2 aromatic carbocycles. The molecule has 2 saturated carbocycles. The predicted octanol–water partition coefficient (Wildman–Crippen LogP) is 6.25. The summed E-state index contributed by atoms with van der Waals surface area (Å²) in [5.41, 5.74) is 6.23. The number of ether oxygens (including phenoxy) is 2. The number of carbonyl (C=O) groups is 2. The Bertz CT molecular complexity index is 1370. The fourth-order valence-electron chi connectivity index (χ4n) is 6.47. The first kappa shape index (κ1) is 26.0. The second-order valence-electron chi connectivity index (χ2n) is 10.9. The second-order valence-corrected chi connectivity index (χ2v) is 10.9. The number of aromatic amines is 2. The Balaban J connectivity index is 1.14. The Morgan fingerprint density at radius 3 is 1.38 bits per heavy atom. The van der Waals surface area contributed by atoms with E-state index in [0.29, 0.717) is 0 Å². The molecule has 2 fully saturated rings. The molecule has 0 amide bonds. The smallest absolute Gasteiger partial charge is 0.309 e. The van der Waals surface area contributed by atoms with Gasteiger partial charge in [0, 0.05) is 11.8 Å². The molecule has 0 bridgehead atoms. The van der Waals surface area contributed by atoms with Crippen molar-refractivity contribution >= 4 is 11.9 Å². The molecule has 6 rings (SSSR count). The van der Waals surface area contributed by atoms with Crippen LogP contribution in [0.4, 0.5) is 0 Å². The molecule has 2 N–H and O–H groups in total. The van der Waals surface area contributed by atoms with Crippen LogP contribution in [0.15, 0.2) is 60.9 Å². The van der Waals surface area contributed by atoms with Crippen LogP contribution in [0.5, 0.6) is 0 Å². The molecule has 40 heavy (non-hydrogen) atoms. The van der Waals surface area contributed by atoms with Crippen LogP contribution in [-0.2, 0) is 19.1 Å². The number of nitrogens with zero attached hydrogens (tertiary/aromatic N) is 2. The first-order valence-electron chi connectivity index (χ1n) is 14.0. The Morgan fingerprint density at radius 2 is 1.00 bits per heavy atom. The van der Waals surface area contributed by atoms with Gasteiger partial charge in [-0.1, -0.05) is 61.4 Å². The molecule has 2 aliphatic carbocycles. The van der Waals surface area contributed by atoms with Gasteiger partial charge in [0.05, 0.1) is 49.8 Å². The fraction of sp³-hybridized carbons (Fsp3) is 0.375. The highest BCUT2D eigenvalue weighted by Gasteiger charge is 2.37. The van der Waals surface area contributed by atoms with Crippen molar-refractivity contribution in [3.8, 4) is 33.6 Å². The predicted molar refractivity (Wildman–Crippen MR) is 151 cm³/mol. The summed E-state index contributed by atoms with van der Waals surface area (Å²) in [6.45, 7) is 0. The lowest BCUT2D eigenvalue weighted by molar-refractivity contribution is -0.146. The molecule has 0 aliphatic heterocycles. The minimum Gasteiger partial charge on any atom is -0.469 e. The van der Waals surface area contributed by atoms with E-state index in [2.05, 4.69) is 68.5 Å². The van der Waals surface area contributed by atoms with Crippen molar-refractivity contribution in [2.45, 2.75) is 50.4 Å². The van der Waals surface area contributed by atoms with E-state index in [1.165, 1.54) is 14.2 Å². The molecule has 0 spiro atoms. The van der Waals surface area contributed by atoms with Crippen LogP contribution >= 0.6 is 0 Å². The summed E-state index contributed by atoms with van der Waals surface area (Å²) in [6.07, 6.45) is 9.29. The van der Waals surface area contributed by atoms with Gasteiger partial charge in [0.25, 0.3) is 0 Å². The van der Waals surface area contributed by atoms with Crippen LogP contribution in [0.1, 0.15) is 62.0 Å². The second kappa shape index (κ2) is 11.1. The lowest BCUT2D eigenvalue weighted by atomic mass is 9.95. The van der Waals surface area contributed by atoms with Gasteiger partial charge in [-0.15, -0.1) is 0 Å². The van der Waals surface area contributed by atoms with Gasteiger partial charge >= 0.3 is 11.9 Å². The van der Waals surface area contributed by atoms with Crippen molar-refractivity contribution in [3.05, 3.63) is 72.6 Å². The number of imidazole rings is 2. The number of methoxy groups -OCH3 is 2. The third-order valence-corrected chi connectivity index (χ3v) is 8.66. The van der Waals surface area contributed by atoms with Gasteiger partial charge in [-0.2, -0.15) is 0 Å². The SMILES string of the molecule is COC(=O)[C@@H]1CCC[C@H]1c1ncc(-c2ccc(-c3ccc(-c4cnc([C@@H]5CCC[C@H]5C(=O)OC)[nH]4)cc3)cc2)[nH]1. The van der Waals surface area contributed by atoms with E-state index in [9.17, 15) is 9.59 Å². The summed E-state index contributed by atoms with van der Waals surface area (Å²) in [7, 11) is 2.90. The monoisotopic (exact) mass is 538 g/mol. The third kappa shape index (κ3) is 4.94. The maximum Gasteiger partial charge on any atom is 0.309 e. The van der Waals surface area contributed by atoms with Gasteiger partial charge in [-0.3, -0.25) is 9.59 Å². The maximum atomic E-state index is 12.2. The van der Waals surface area contributed by atoms with Gasteiger partial charge in [0.15, 0.2) is 0 Å². The van der Waals surface area contributed by atoms with Gasteiger partial charge in [-0.05, 0) is 47.9 Å². The Morgan fingerprint density at radius 1 is 0.625 bits per heavy atom. The number of hydrogen-bond donors (Lipinski definition) is 2. The van der Waals surface area contributed by atoms with Crippen molar-refractivity contribution < 1.29 is 19.1 Å². The highest BCUT2D eigenvalue weighted by Crippen LogP contribution is 2.41. The zero-order valence-corrected chi connectivity index (χ0v) is 22.9. The highest BCUT2D eigenvalue weighted by atomic mass is 16.5. The highest BCUT2D eigenvalue weighted by molar-refractivity contribution is 5.75. The molecule has 0 radical (unpaired) electrons. The molecule has 8 nitrogen and oxygen atoms in total. The van der Waals surface area contributed by atoms with Crippen LogP contribution in [-0.4, -0.2) is 46.1 Å². The quantitative estimate of drug-likeness (QED) is 0.269. The van der Waals surface area contributed by atoms with Crippen LogP contribution < -0.4 is 0 Å². The molecule has 0 unspecified atom stereocenters. The Labute approximate surface area is 233 Å². The molecule has 8 heteroatoms. The van der Waals surface area contributed by atoms with Crippen molar-refractivity contribution in [2.24, 2.45) is 11.8 Å². The number of hydrogen-bond acceptors (Lipinski definition) is 6. The van der Waals surface area contributed by atoms with Crippen LogP contribution in [0.2, 0.25) is 0 Å². The van der Waals surface area contributed by atoms with Gasteiger partial charge in [0.1, 0.15) is 11.6 Å². The zero-order chi connectivity index (χ0) is 27.6. The number of esters is 2. The molecule has 206 valence electrons. The molecular weight excluding hydrogens is 504 g/mol. The molecule has 2 heterocycles. The lowest BCUT2D eigenvalue weighted by Gasteiger charge is -2.15. The van der Waals surface area contributed by atoms with Crippen LogP contribution in [0.25, 0.3) is 33.6 Å². The van der Waals surface area contributed by atoms with E-state index in [-0.39, 0.29) is 35.6 Å². The molecule has 2 aromatic heterocycles. The number of rotatable bonds is 7. The minimum atomic E-state index is -0.148. The average Bonchev–Trinajstić information content (AvgIpc) is 3.81. The standard InChI is InChI=1S/C32H34N4O4/c1-39-31(37)25-7-3-5-23(25)29-33-17-27(35-29)21-13-9-19(10-14-21)20-11-15-22(16-12-20)28-18-34-30(36-28)24-6-4-8-26(24)32(38)40-2/h9-18,23-26H,3-8H2,1-2H3,(H,33,35)(H,34,36)/t23-,24-,25-,26-/m1/s1. The fourth-order valence-corrected chi connectivity index (χ4v) is 6.47. The number of benzene rings is 2. The summed E-state index contributed by atoms with van der Waals surface area (Å²) in [5, 5.41) is 0. The molecular formula is C32H34N4O4. The summed E-state index contributed by atoms with van der Waals surface area (Å²) < 4.78 is 10.0. The molecule has 0 saturated heterocycles. The van der Waals surface area contributed by atoms with Crippen molar-refractivity contribution in [1.29, 1.82) is 0 Å². The lowest BCUT2D eigenvalue weighted by Crippen LogP contribution is -2.19. The van der Waals surface area contributed by atoms with Gasteiger partial charge in [0.2, 0.25) is 0 Å². The maximum absolute atomic E-state index is 12.2. The van der Waals surface area contributed by atoms with E-state index in [1.54, 1.807) is 0 Å². The summed E-state index contributed by atoms with van der Waals surface area (Å²) in [4.78, 5) is 40.4. The largest absolute Gasteiger partial charge is 0.469 e. The normalized spacial score (nSPS) is 22.4. The Kier molecular flexibility index (Phi) is 7.24. The molecule has 4 aromatic rings. The van der Waals surface area contributed by atoms with Crippen molar-refractivity contribution in [2.75, 3.05) is 14.2 Å². The number of carbonyl (C=O) groups excluding carboxylic acids is 2. The third-order valence-electron chi connectivity index (χ3n) is 8.66. The van der Waals surface area contributed by atoms with Gasteiger partial charge < -0.3 is 19.4 Å². The van der Waals surface area contributed by atoms with Crippen molar-refractivity contribution in [3.63, 3.8) is 0 Å².